The third-order valence-corrected chi connectivity index (χ3v) is 4.74. The number of carbonyl (C=O) groups excluding carboxylic acids is 2. The highest BCUT2D eigenvalue weighted by Gasteiger charge is 2.63. The molecule has 1 aromatic carbocycles. The van der Waals surface area contributed by atoms with E-state index in [0.29, 0.717) is 13.1 Å². The normalized spacial score (nSPS) is 33.5. The molecule has 3 unspecified atom stereocenters. The lowest BCUT2D eigenvalue weighted by Crippen LogP contribution is -2.46. The number of methoxy groups -OCH3 is 1. The Morgan fingerprint density at radius 2 is 2.05 bits per heavy atom. The number of ketones is 1. The number of nitrogens with zero attached hydrogens (tertiary/aromatic N) is 1. The van der Waals surface area contributed by atoms with Crippen molar-refractivity contribution >= 4 is 11.8 Å². The summed E-state index contributed by atoms with van der Waals surface area (Å²) in [6.45, 7) is 2.89. The van der Waals surface area contributed by atoms with Gasteiger partial charge in [0.15, 0.2) is 5.78 Å². The highest BCUT2D eigenvalue weighted by molar-refractivity contribution is 6.10. The van der Waals surface area contributed by atoms with Gasteiger partial charge in [-0.25, -0.2) is 0 Å². The zero-order chi connectivity index (χ0) is 16.0. The Morgan fingerprint density at radius 3 is 2.68 bits per heavy atom. The molecule has 0 bridgehead atoms. The highest BCUT2D eigenvalue weighted by atomic mass is 16.5. The third-order valence-electron chi connectivity index (χ3n) is 4.74. The molecular weight excluding hydrogens is 282 g/mol. The van der Waals surface area contributed by atoms with Crippen LogP contribution in [0.1, 0.15) is 18.9 Å². The average Bonchev–Trinajstić information content (AvgIpc) is 3.18. The molecule has 1 saturated heterocycles. The van der Waals surface area contributed by atoms with E-state index in [2.05, 4.69) is 4.90 Å². The van der Waals surface area contributed by atoms with E-state index < -0.39 is 22.7 Å². The number of esters is 1. The smallest absolute Gasteiger partial charge is 0.319 e. The predicted molar refractivity (Wildman–Crippen MR) is 80.0 cm³/mol. The number of rotatable bonds is 3. The van der Waals surface area contributed by atoms with Crippen LogP contribution in [-0.4, -0.2) is 41.0 Å². The van der Waals surface area contributed by atoms with Crippen molar-refractivity contribution in [3.8, 4) is 0 Å². The quantitative estimate of drug-likeness (QED) is 0.524. The van der Waals surface area contributed by atoms with Crippen LogP contribution < -0.4 is 0 Å². The molecule has 1 heterocycles. The minimum absolute atomic E-state index is 0.0507. The zero-order valence-electron chi connectivity index (χ0n) is 12.7. The SMILES string of the molecule is COC(=O)C1(C)CC2(CN2Cc2ccccc2)C(O)=CC1=O. The molecule has 0 saturated carbocycles. The second kappa shape index (κ2) is 4.95. The molecule has 1 fully saturated rings. The monoisotopic (exact) mass is 301 g/mol. The van der Waals surface area contributed by atoms with Crippen LogP contribution in [0.4, 0.5) is 0 Å². The van der Waals surface area contributed by atoms with Crippen molar-refractivity contribution in [1.29, 1.82) is 0 Å². The minimum atomic E-state index is -1.23. The largest absolute Gasteiger partial charge is 0.510 e. The van der Waals surface area contributed by atoms with Crippen LogP contribution in [0, 0.1) is 5.41 Å². The maximum Gasteiger partial charge on any atom is 0.319 e. The van der Waals surface area contributed by atoms with Crippen molar-refractivity contribution in [1.82, 2.24) is 4.90 Å². The van der Waals surface area contributed by atoms with Gasteiger partial charge in [-0.3, -0.25) is 14.5 Å². The van der Waals surface area contributed by atoms with Crippen molar-refractivity contribution < 1.29 is 19.4 Å². The molecule has 1 N–H and O–H groups in total. The highest BCUT2D eigenvalue weighted by Crippen LogP contribution is 2.51. The first-order valence-electron chi connectivity index (χ1n) is 7.25. The first-order chi connectivity index (χ1) is 10.4. The summed E-state index contributed by atoms with van der Waals surface area (Å²) in [4.78, 5) is 26.2. The summed E-state index contributed by atoms with van der Waals surface area (Å²) in [7, 11) is 1.28. The van der Waals surface area contributed by atoms with Gasteiger partial charge in [-0.15, -0.1) is 0 Å². The number of allylic oxidation sites excluding steroid dienone is 1. The van der Waals surface area contributed by atoms with E-state index >= 15 is 0 Å². The lowest BCUT2D eigenvalue weighted by Gasteiger charge is -2.33. The van der Waals surface area contributed by atoms with Gasteiger partial charge in [0, 0.05) is 19.2 Å². The van der Waals surface area contributed by atoms with Crippen molar-refractivity contribution in [3.63, 3.8) is 0 Å². The van der Waals surface area contributed by atoms with Crippen LogP contribution in [-0.2, 0) is 20.9 Å². The number of aliphatic hydroxyl groups excluding tert-OH is 1. The molecule has 0 amide bonds. The molecule has 3 rings (SSSR count). The fraction of sp³-hybridized carbons (Fsp3) is 0.412. The molecule has 5 nitrogen and oxygen atoms in total. The summed E-state index contributed by atoms with van der Waals surface area (Å²) < 4.78 is 4.78. The first-order valence-corrected chi connectivity index (χ1v) is 7.25. The molecule has 1 aliphatic carbocycles. The number of ether oxygens (including phenoxy) is 1. The maximum atomic E-state index is 12.2. The molecule has 5 heteroatoms. The van der Waals surface area contributed by atoms with Crippen molar-refractivity contribution in [3.05, 3.63) is 47.7 Å². The fourth-order valence-electron chi connectivity index (χ4n) is 3.28. The lowest BCUT2D eigenvalue weighted by atomic mass is 9.72. The second-order valence-electron chi connectivity index (χ2n) is 6.27. The van der Waals surface area contributed by atoms with Crippen LogP contribution in [0.15, 0.2) is 42.2 Å². The van der Waals surface area contributed by atoms with Gasteiger partial charge in [-0.05, 0) is 18.9 Å². The Balaban J connectivity index is 1.85. The lowest BCUT2D eigenvalue weighted by molar-refractivity contribution is -0.157. The molecular formula is C17H19NO4. The number of aliphatic hydroxyl groups is 1. The fourth-order valence-corrected chi connectivity index (χ4v) is 3.28. The summed E-state index contributed by atoms with van der Waals surface area (Å²) in [5.41, 5.74) is -0.720. The van der Waals surface area contributed by atoms with Crippen LogP contribution in [0.2, 0.25) is 0 Å². The Bertz CT molecular complexity index is 654. The van der Waals surface area contributed by atoms with Gasteiger partial charge in [0.05, 0.1) is 12.6 Å². The summed E-state index contributed by atoms with van der Waals surface area (Å²) in [5.74, 6) is -0.893. The van der Waals surface area contributed by atoms with Gasteiger partial charge < -0.3 is 9.84 Å². The van der Waals surface area contributed by atoms with Crippen molar-refractivity contribution in [2.75, 3.05) is 13.7 Å². The molecule has 0 radical (unpaired) electrons. The molecule has 1 aromatic rings. The minimum Gasteiger partial charge on any atom is -0.510 e. The number of carbonyl (C=O) groups is 2. The van der Waals surface area contributed by atoms with E-state index in [0.717, 1.165) is 5.56 Å². The molecule has 116 valence electrons. The van der Waals surface area contributed by atoms with Gasteiger partial charge in [0.1, 0.15) is 11.2 Å². The van der Waals surface area contributed by atoms with Crippen LogP contribution >= 0.6 is 0 Å². The molecule has 1 aliphatic heterocycles. The average molecular weight is 301 g/mol. The van der Waals surface area contributed by atoms with E-state index in [-0.39, 0.29) is 12.2 Å². The number of hydrogen-bond acceptors (Lipinski definition) is 5. The van der Waals surface area contributed by atoms with Gasteiger partial charge in [0.2, 0.25) is 0 Å². The molecule has 2 aliphatic rings. The van der Waals surface area contributed by atoms with E-state index in [1.807, 2.05) is 30.3 Å². The van der Waals surface area contributed by atoms with E-state index in [1.54, 1.807) is 6.92 Å². The summed E-state index contributed by atoms with van der Waals surface area (Å²) in [5, 5.41) is 10.3. The van der Waals surface area contributed by atoms with Crippen LogP contribution in [0.5, 0.6) is 0 Å². The summed E-state index contributed by atoms with van der Waals surface area (Å²) in [6, 6.07) is 9.90. The standard InChI is InChI=1S/C17H19NO4/c1-16(15(21)22-2)10-17(14(20)8-13(16)19)11-18(17)9-12-6-4-3-5-7-12/h3-8,20H,9-11H2,1-2H3. The van der Waals surface area contributed by atoms with Crippen molar-refractivity contribution in [2.45, 2.75) is 25.4 Å². The predicted octanol–water partition coefficient (Wildman–Crippen LogP) is 1.83. The second-order valence-corrected chi connectivity index (χ2v) is 6.27. The maximum absolute atomic E-state index is 12.2. The Kier molecular flexibility index (Phi) is 3.33. The number of benzene rings is 1. The van der Waals surface area contributed by atoms with Crippen molar-refractivity contribution in [2.24, 2.45) is 5.41 Å². The van der Waals surface area contributed by atoms with Crippen LogP contribution in [0.3, 0.4) is 0 Å². The molecule has 1 spiro atoms. The summed E-state index contributed by atoms with van der Waals surface area (Å²) in [6.07, 6.45) is 1.44. The third kappa shape index (κ3) is 2.13. The Hall–Kier alpha value is -2.14. The Labute approximate surface area is 129 Å². The van der Waals surface area contributed by atoms with E-state index in [9.17, 15) is 14.7 Å². The van der Waals surface area contributed by atoms with E-state index in [1.165, 1.54) is 13.2 Å². The van der Waals surface area contributed by atoms with Gasteiger partial charge in [-0.1, -0.05) is 30.3 Å². The van der Waals surface area contributed by atoms with Crippen LogP contribution in [0.25, 0.3) is 0 Å². The topological polar surface area (TPSA) is 66.6 Å². The summed E-state index contributed by atoms with van der Waals surface area (Å²) >= 11 is 0. The molecule has 0 aromatic heterocycles. The number of hydrogen-bond donors (Lipinski definition) is 1. The molecule has 22 heavy (non-hydrogen) atoms. The molecule has 3 atom stereocenters. The zero-order valence-corrected chi connectivity index (χ0v) is 12.7. The Morgan fingerprint density at radius 1 is 1.36 bits per heavy atom. The van der Waals surface area contributed by atoms with E-state index in [4.69, 9.17) is 4.74 Å². The van der Waals surface area contributed by atoms with Gasteiger partial charge in [0.25, 0.3) is 0 Å². The van der Waals surface area contributed by atoms with Gasteiger partial charge >= 0.3 is 5.97 Å². The van der Waals surface area contributed by atoms with Gasteiger partial charge in [-0.2, -0.15) is 0 Å². The first kappa shape index (κ1) is 14.8.